The van der Waals surface area contributed by atoms with Gasteiger partial charge >= 0.3 is 5.97 Å². The molecule has 3 rings (SSSR count). The van der Waals surface area contributed by atoms with Crippen LogP contribution in [-0.4, -0.2) is 25.8 Å². The third-order valence-electron chi connectivity index (χ3n) is 3.60. The number of aryl methyl sites for hydroxylation is 2. The van der Waals surface area contributed by atoms with Crippen LogP contribution in [-0.2, 0) is 17.8 Å². The summed E-state index contributed by atoms with van der Waals surface area (Å²) in [6.07, 6.45) is 1.15. The van der Waals surface area contributed by atoms with E-state index >= 15 is 0 Å². The van der Waals surface area contributed by atoms with Gasteiger partial charge < -0.3 is 9.67 Å². The Balaban J connectivity index is 2.04. The number of carboxylic acids is 1. The Labute approximate surface area is 115 Å². The van der Waals surface area contributed by atoms with Crippen molar-refractivity contribution in [3.8, 4) is 11.4 Å². The van der Waals surface area contributed by atoms with Crippen molar-refractivity contribution < 1.29 is 14.3 Å². The lowest BCUT2D eigenvalue weighted by Gasteiger charge is -2.21. The predicted molar refractivity (Wildman–Crippen MR) is 69.6 cm³/mol. The van der Waals surface area contributed by atoms with Crippen LogP contribution in [0.25, 0.3) is 11.4 Å². The van der Waals surface area contributed by atoms with Crippen LogP contribution < -0.4 is 0 Å². The number of hydrogen-bond donors (Lipinski definition) is 1. The van der Waals surface area contributed by atoms with Crippen molar-refractivity contribution in [2.45, 2.75) is 26.3 Å². The summed E-state index contributed by atoms with van der Waals surface area (Å²) in [5, 5.41) is 17.3. The summed E-state index contributed by atoms with van der Waals surface area (Å²) in [4.78, 5) is 11.1. The number of halogens is 1. The van der Waals surface area contributed by atoms with Gasteiger partial charge in [0.25, 0.3) is 0 Å². The maximum absolute atomic E-state index is 13.5. The standard InChI is InChI=1S/C14H14FN3O2/c1-8-4-10(6-11(15)5-8)13-17-16-12-3-2-9(14(19)20)7-18(12)13/h4-6,9H,2-3,7H2,1H3,(H,19,20). The summed E-state index contributed by atoms with van der Waals surface area (Å²) >= 11 is 0. The molecule has 20 heavy (non-hydrogen) atoms. The highest BCUT2D eigenvalue weighted by molar-refractivity contribution is 5.70. The van der Waals surface area contributed by atoms with E-state index in [1.54, 1.807) is 11.5 Å². The zero-order chi connectivity index (χ0) is 14.3. The molecule has 2 aromatic rings. The van der Waals surface area contributed by atoms with E-state index in [-0.39, 0.29) is 5.82 Å². The van der Waals surface area contributed by atoms with E-state index in [1.807, 2.05) is 6.07 Å². The number of fused-ring (bicyclic) bond motifs is 1. The first-order valence-electron chi connectivity index (χ1n) is 6.47. The predicted octanol–water partition coefficient (Wildman–Crippen LogP) is 2.04. The number of aliphatic carboxylic acids is 1. The molecule has 1 aromatic heterocycles. The van der Waals surface area contributed by atoms with Crippen LogP contribution in [0.4, 0.5) is 4.39 Å². The summed E-state index contributed by atoms with van der Waals surface area (Å²) in [7, 11) is 0. The van der Waals surface area contributed by atoms with Crippen molar-refractivity contribution in [3.05, 3.63) is 35.4 Å². The third-order valence-corrected chi connectivity index (χ3v) is 3.60. The van der Waals surface area contributed by atoms with Crippen LogP contribution in [0.1, 0.15) is 17.8 Å². The highest BCUT2D eigenvalue weighted by atomic mass is 19.1. The first kappa shape index (κ1) is 12.8. The van der Waals surface area contributed by atoms with Gasteiger partial charge in [-0.15, -0.1) is 10.2 Å². The molecule has 1 aliphatic rings. The fraction of sp³-hybridized carbons (Fsp3) is 0.357. The molecular weight excluding hydrogens is 261 g/mol. The van der Waals surface area contributed by atoms with Gasteiger partial charge in [0.05, 0.1) is 5.92 Å². The molecule has 1 aliphatic heterocycles. The van der Waals surface area contributed by atoms with E-state index in [4.69, 9.17) is 5.11 Å². The second-order valence-corrected chi connectivity index (χ2v) is 5.14. The van der Waals surface area contributed by atoms with Crippen molar-refractivity contribution in [3.63, 3.8) is 0 Å². The Morgan fingerprint density at radius 2 is 2.20 bits per heavy atom. The van der Waals surface area contributed by atoms with Crippen molar-refractivity contribution in [2.75, 3.05) is 0 Å². The van der Waals surface area contributed by atoms with Crippen molar-refractivity contribution in [2.24, 2.45) is 5.92 Å². The van der Waals surface area contributed by atoms with Crippen LogP contribution in [0.2, 0.25) is 0 Å². The van der Waals surface area contributed by atoms with Gasteiger partial charge in [-0.25, -0.2) is 4.39 Å². The minimum absolute atomic E-state index is 0.331. The lowest BCUT2D eigenvalue weighted by Crippen LogP contribution is -2.27. The zero-order valence-electron chi connectivity index (χ0n) is 11.0. The van der Waals surface area contributed by atoms with Crippen molar-refractivity contribution in [1.82, 2.24) is 14.8 Å². The fourth-order valence-electron chi connectivity index (χ4n) is 2.61. The number of benzene rings is 1. The first-order valence-corrected chi connectivity index (χ1v) is 6.47. The first-order chi connectivity index (χ1) is 9.54. The monoisotopic (exact) mass is 275 g/mol. The topological polar surface area (TPSA) is 68.0 Å². The van der Waals surface area contributed by atoms with Crippen LogP contribution in [0, 0.1) is 18.7 Å². The minimum atomic E-state index is -0.814. The smallest absolute Gasteiger partial charge is 0.308 e. The Morgan fingerprint density at radius 1 is 1.40 bits per heavy atom. The van der Waals surface area contributed by atoms with Crippen molar-refractivity contribution >= 4 is 5.97 Å². The molecular formula is C14H14FN3O2. The molecule has 5 nitrogen and oxygen atoms in total. The number of rotatable bonds is 2. The van der Waals surface area contributed by atoms with Gasteiger partial charge in [0, 0.05) is 18.5 Å². The quantitative estimate of drug-likeness (QED) is 0.910. The molecule has 1 atom stereocenters. The highest BCUT2D eigenvalue weighted by Gasteiger charge is 2.27. The molecule has 0 bridgehead atoms. The van der Waals surface area contributed by atoms with Crippen LogP contribution in [0.3, 0.4) is 0 Å². The molecule has 0 saturated heterocycles. The lowest BCUT2D eigenvalue weighted by atomic mass is 9.99. The molecule has 1 unspecified atom stereocenters. The molecule has 0 aliphatic carbocycles. The maximum Gasteiger partial charge on any atom is 0.308 e. The summed E-state index contributed by atoms with van der Waals surface area (Å²) < 4.78 is 15.3. The summed E-state index contributed by atoms with van der Waals surface area (Å²) in [5.41, 5.74) is 1.43. The fourth-order valence-corrected chi connectivity index (χ4v) is 2.61. The maximum atomic E-state index is 13.5. The molecule has 2 heterocycles. The molecule has 104 valence electrons. The van der Waals surface area contributed by atoms with Gasteiger partial charge in [0.1, 0.15) is 11.6 Å². The van der Waals surface area contributed by atoms with Gasteiger partial charge in [0.2, 0.25) is 0 Å². The molecule has 0 amide bonds. The van der Waals surface area contributed by atoms with Gasteiger partial charge in [-0.1, -0.05) is 0 Å². The van der Waals surface area contributed by atoms with Gasteiger partial charge in [-0.3, -0.25) is 4.79 Å². The van der Waals surface area contributed by atoms with E-state index in [0.29, 0.717) is 30.8 Å². The zero-order valence-corrected chi connectivity index (χ0v) is 11.0. The molecule has 0 spiro atoms. The van der Waals surface area contributed by atoms with E-state index in [0.717, 1.165) is 11.4 Å². The highest BCUT2D eigenvalue weighted by Crippen LogP contribution is 2.26. The normalized spacial score (nSPS) is 17.8. The Hall–Kier alpha value is -2.24. The molecule has 1 aromatic carbocycles. The average molecular weight is 275 g/mol. The van der Waals surface area contributed by atoms with E-state index in [2.05, 4.69) is 10.2 Å². The van der Waals surface area contributed by atoms with Gasteiger partial charge in [-0.05, 0) is 37.1 Å². The lowest BCUT2D eigenvalue weighted by molar-refractivity contribution is -0.142. The number of hydrogen-bond acceptors (Lipinski definition) is 3. The summed E-state index contributed by atoms with van der Waals surface area (Å²) in [6, 6.07) is 4.66. The Kier molecular flexibility index (Phi) is 3.00. The van der Waals surface area contributed by atoms with E-state index in [1.165, 1.54) is 12.1 Å². The van der Waals surface area contributed by atoms with Gasteiger partial charge in [0.15, 0.2) is 5.82 Å². The molecule has 6 heteroatoms. The summed E-state index contributed by atoms with van der Waals surface area (Å²) in [6.45, 7) is 2.14. The molecule has 0 radical (unpaired) electrons. The van der Waals surface area contributed by atoms with E-state index in [9.17, 15) is 9.18 Å². The second kappa shape index (κ2) is 4.70. The minimum Gasteiger partial charge on any atom is -0.481 e. The molecule has 0 saturated carbocycles. The summed E-state index contributed by atoms with van der Waals surface area (Å²) in [5.74, 6) is -0.284. The van der Waals surface area contributed by atoms with Gasteiger partial charge in [-0.2, -0.15) is 0 Å². The van der Waals surface area contributed by atoms with E-state index < -0.39 is 11.9 Å². The number of nitrogens with zero attached hydrogens (tertiary/aromatic N) is 3. The van der Waals surface area contributed by atoms with Crippen LogP contribution in [0.15, 0.2) is 18.2 Å². The molecule has 1 N–H and O–H groups in total. The van der Waals surface area contributed by atoms with Crippen LogP contribution in [0.5, 0.6) is 0 Å². The Morgan fingerprint density at radius 3 is 2.90 bits per heavy atom. The number of aromatic nitrogens is 3. The number of carbonyl (C=O) groups is 1. The molecule has 0 fully saturated rings. The van der Waals surface area contributed by atoms with Crippen molar-refractivity contribution in [1.29, 1.82) is 0 Å². The third kappa shape index (κ3) is 2.17. The van der Waals surface area contributed by atoms with Crippen LogP contribution >= 0.6 is 0 Å². The average Bonchev–Trinajstić information content (AvgIpc) is 2.80. The number of carboxylic acid groups (broad SMARTS) is 1. The second-order valence-electron chi connectivity index (χ2n) is 5.14. The largest absolute Gasteiger partial charge is 0.481 e. The SMILES string of the molecule is Cc1cc(F)cc(-c2nnc3n2CC(C(=O)O)CC3)c1. The Bertz CT molecular complexity index is 661.